The fourth-order valence-corrected chi connectivity index (χ4v) is 4.20. The van der Waals surface area contributed by atoms with Crippen LogP contribution in [0.15, 0.2) is 12.1 Å². The molecule has 1 aromatic rings. The van der Waals surface area contributed by atoms with Crippen molar-refractivity contribution in [2.45, 2.75) is 31.6 Å². The first-order chi connectivity index (χ1) is 11.4. The Hall–Kier alpha value is -0.850. The first kappa shape index (κ1) is 18.0. The van der Waals surface area contributed by atoms with Crippen LogP contribution in [0.3, 0.4) is 0 Å². The average molecular weight is 373 g/mol. The van der Waals surface area contributed by atoms with Crippen LogP contribution in [0.1, 0.15) is 24.1 Å². The molecule has 24 heavy (non-hydrogen) atoms. The molecule has 0 radical (unpaired) electrons. The van der Waals surface area contributed by atoms with E-state index in [4.69, 9.17) is 27.9 Å². The van der Waals surface area contributed by atoms with Gasteiger partial charge in [-0.15, -0.1) is 0 Å². The Kier molecular flexibility index (Phi) is 5.37. The molecule has 0 saturated carbocycles. The first-order valence-electron chi connectivity index (χ1n) is 8.12. The second-order valence-electron chi connectivity index (χ2n) is 6.61. The summed E-state index contributed by atoms with van der Waals surface area (Å²) >= 11 is 12.4. The van der Waals surface area contributed by atoms with E-state index in [1.54, 1.807) is 6.07 Å². The lowest BCUT2D eigenvalue weighted by Gasteiger charge is -2.34. The molecule has 7 heteroatoms. The Morgan fingerprint density at radius 2 is 2.21 bits per heavy atom. The normalized spacial score (nSPS) is 26.8. The number of hydrogen-bond donors (Lipinski definition) is 1. The average Bonchev–Trinajstić information content (AvgIpc) is 2.83. The maximum atomic E-state index is 12.6. The molecule has 5 nitrogen and oxygen atoms in total. The van der Waals surface area contributed by atoms with Gasteiger partial charge < -0.3 is 14.7 Å². The summed E-state index contributed by atoms with van der Waals surface area (Å²) in [6, 6.07) is 3.25. The van der Waals surface area contributed by atoms with E-state index >= 15 is 0 Å². The zero-order valence-electron chi connectivity index (χ0n) is 13.8. The topological polar surface area (TPSA) is 53.0 Å². The van der Waals surface area contributed by atoms with Crippen molar-refractivity contribution in [1.29, 1.82) is 0 Å². The highest BCUT2D eigenvalue weighted by atomic mass is 35.5. The molecule has 3 atom stereocenters. The smallest absolute Gasteiger partial charge is 0.236 e. The standard InChI is InChI=1S/C17H22Cl2N2O3/c1-10-8-21(3-4-24-10)16(23)9-20(2)17-13-5-11(18)6-14(19)12(13)7-15(17)22/h5-6,10,15,17,22H,3-4,7-9H2,1-2H3/t10-,15-,17-/m1/s1. The molecule has 1 aliphatic carbocycles. The van der Waals surface area contributed by atoms with E-state index in [1.807, 2.05) is 29.8 Å². The van der Waals surface area contributed by atoms with Gasteiger partial charge in [-0.2, -0.15) is 0 Å². The van der Waals surface area contributed by atoms with E-state index in [0.29, 0.717) is 36.2 Å². The number of carbonyl (C=O) groups excluding carboxylic acids is 1. The van der Waals surface area contributed by atoms with E-state index in [-0.39, 0.29) is 24.6 Å². The van der Waals surface area contributed by atoms with E-state index in [9.17, 15) is 9.90 Å². The molecule has 3 rings (SSSR count). The number of rotatable bonds is 3. The van der Waals surface area contributed by atoms with Gasteiger partial charge in [0.1, 0.15) is 0 Å². The monoisotopic (exact) mass is 372 g/mol. The highest BCUT2D eigenvalue weighted by Gasteiger charge is 2.37. The highest BCUT2D eigenvalue weighted by molar-refractivity contribution is 6.35. The van der Waals surface area contributed by atoms with Crippen molar-refractivity contribution in [3.05, 3.63) is 33.3 Å². The first-order valence-corrected chi connectivity index (χ1v) is 8.88. The largest absolute Gasteiger partial charge is 0.391 e. The Balaban J connectivity index is 1.74. The van der Waals surface area contributed by atoms with Crippen molar-refractivity contribution in [3.63, 3.8) is 0 Å². The van der Waals surface area contributed by atoms with Crippen LogP contribution in [0.25, 0.3) is 0 Å². The molecule has 1 aliphatic heterocycles. The summed E-state index contributed by atoms with van der Waals surface area (Å²) in [7, 11) is 1.85. The van der Waals surface area contributed by atoms with Gasteiger partial charge in [0.05, 0.1) is 31.4 Å². The summed E-state index contributed by atoms with van der Waals surface area (Å²) in [6.45, 7) is 3.98. The van der Waals surface area contributed by atoms with Crippen LogP contribution in [0.2, 0.25) is 10.0 Å². The third kappa shape index (κ3) is 3.55. The Morgan fingerprint density at radius 3 is 2.92 bits per heavy atom. The van der Waals surface area contributed by atoms with Crippen molar-refractivity contribution in [2.24, 2.45) is 0 Å². The number of amides is 1. The number of nitrogens with zero attached hydrogens (tertiary/aromatic N) is 2. The molecule has 1 amide bonds. The van der Waals surface area contributed by atoms with Crippen molar-refractivity contribution >= 4 is 29.1 Å². The summed E-state index contributed by atoms with van der Waals surface area (Å²) in [5, 5.41) is 11.6. The molecule has 1 fully saturated rings. The number of likely N-dealkylation sites (N-methyl/N-ethyl adjacent to an activating group) is 1. The van der Waals surface area contributed by atoms with Gasteiger partial charge in [-0.1, -0.05) is 23.2 Å². The van der Waals surface area contributed by atoms with Crippen LogP contribution in [-0.2, 0) is 16.0 Å². The van der Waals surface area contributed by atoms with E-state index in [2.05, 4.69) is 0 Å². The SMILES string of the molecule is C[C@@H]1CN(C(=O)CN(C)[C@@H]2c3cc(Cl)cc(Cl)c3C[C@H]2O)CCO1. The number of aliphatic hydroxyl groups excluding tert-OH is 1. The summed E-state index contributed by atoms with van der Waals surface area (Å²) in [5.41, 5.74) is 1.82. The molecule has 1 heterocycles. The fourth-order valence-electron chi connectivity index (χ4n) is 3.62. The van der Waals surface area contributed by atoms with Crippen molar-refractivity contribution in [1.82, 2.24) is 9.80 Å². The maximum absolute atomic E-state index is 12.6. The van der Waals surface area contributed by atoms with Gasteiger partial charge in [0.2, 0.25) is 5.91 Å². The summed E-state index contributed by atoms with van der Waals surface area (Å²) in [6.07, 6.45) is -0.0656. The third-order valence-electron chi connectivity index (χ3n) is 4.74. The Bertz CT molecular complexity index is 641. The zero-order chi connectivity index (χ0) is 17.4. The summed E-state index contributed by atoms with van der Waals surface area (Å²) < 4.78 is 5.48. The number of morpholine rings is 1. The minimum atomic E-state index is -0.600. The van der Waals surface area contributed by atoms with Gasteiger partial charge in [0.15, 0.2) is 0 Å². The second-order valence-corrected chi connectivity index (χ2v) is 7.45. The Labute approximate surface area is 152 Å². The van der Waals surface area contributed by atoms with Gasteiger partial charge in [0, 0.05) is 29.6 Å². The predicted octanol–water partition coefficient (Wildman–Crippen LogP) is 2.13. The lowest BCUT2D eigenvalue weighted by Crippen LogP contribution is -2.48. The summed E-state index contributed by atoms with van der Waals surface area (Å²) in [5.74, 6) is 0.0430. The van der Waals surface area contributed by atoms with Crippen LogP contribution >= 0.6 is 23.2 Å². The number of halogens is 2. The van der Waals surface area contributed by atoms with Crippen LogP contribution in [0.4, 0.5) is 0 Å². The van der Waals surface area contributed by atoms with Crippen LogP contribution in [0, 0.1) is 0 Å². The number of aliphatic hydroxyl groups is 1. The van der Waals surface area contributed by atoms with Crippen LogP contribution in [0.5, 0.6) is 0 Å². The van der Waals surface area contributed by atoms with E-state index in [0.717, 1.165) is 11.1 Å². The zero-order valence-corrected chi connectivity index (χ0v) is 15.3. The van der Waals surface area contributed by atoms with Crippen LogP contribution < -0.4 is 0 Å². The van der Waals surface area contributed by atoms with Gasteiger partial charge in [-0.3, -0.25) is 9.69 Å². The number of benzene rings is 1. The molecule has 0 bridgehead atoms. The number of ether oxygens (including phenoxy) is 1. The molecule has 1 saturated heterocycles. The highest BCUT2D eigenvalue weighted by Crippen LogP contribution is 2.40. The lowest BCUT2D eigenvalue weighted by atomic mass is 10.1. The molecule has 0 spiro atoms. The molecule has 0 unspecified atom stereocenters. The lowest BCUT2D eigenvalue weighted by molar-refractivity contribution is -0.140. The van der Waals surface area contributed by atoms with Crippen LogP contribution in [-0.4, -0.2) is 66.3 Å². The molecule has 132 valence electrons. The predicted molar refractivity (Wildman–Crippen MR) is 93.5 cm³/mol. The van der Waals surface area contributed by atoms with Crippen molar-refractivity contribution in [2.75, 3.05) is 33.3 Å². The number of fused-ring (bicyclic) bond motifs is 1. The summed E-state index contributed by atoms with van der Waals surface area (Å²) in [4.78, 5) is 16.3. The van der Waals surface area contributed by atoms with Gasteiger partial charge in [0.25, 0.3) is 0 Å². The molecular formula is C17H22Cl2N2O3. The molecule has 1 aromatic carbocycles. The molecule has 0 aromatic heterocycles. The van der Waals surface area contributed by atoms with E-state index in [1.165, 1.54) is 0 Å². The molecule has 2 aliphatic rings. The minimum absolute atomic E-state index is 0.0430. The van der Waals surface area contributed by atoms with E-state index < -0.39 is 6.10 Å². The molecular weight excluding hydrogens is 351 g/mol. The maximum Gasteiger partial charge on any atom is 0.236 e. The fraction of sp³-hybridized carbons (Fsp3) is 0.588. The quantitative estimate of drug-likeness (QED) is 0.882. The third-order valence-corrected chi connectivity index (χ3v) is 5.30. The minimum Gasteiger partial charge on any atom is -0.391 e. The van der Waals surface area contributed by atoms with Gasteiger partial charge in [-0.05, 0) is 37.2 Å². The molecule has 1 N–H and O–H groups in total. The Morgan fingerprint density at radius 1 is 1.46 bits per heavy atom. The second kappa shape index (κ2) is 7.18. The van der Waals surface area contributed by atoms with Crippen molar-refractivity contribution in [3.8, 4) is 0 Å². The number of carbonyl (C=O) groups is 1. The number of hydrogen-bond acceptors (Lipinski definition) is 4. The van der Waals surface area contributed by atoms with Gasteiger partial charge in [-0.25, -0.2) is 0 Å². The van der Waals surface area contributed by atoms with Gasteiger partial charge >= 0.3 is 0 Å². The van der Waals surface area contributed by atoms with Crippen molar-refractivity contribution < 1.29 is 14.6 Å².